The average molecular weight is 332 g/mol. The molecule has 0 saturated heterocycles. The molecule has 0 atom stereocenters. The van der Waals surface area contributed by atoms with E-state index < -0.39 is 21.7 Å². The van der Waals surface area contributed by atoms with Gasteiger partial charge in [-0.05, 0) is 31.0 Å². The summed E-state index contributed by atoms with van der Waals surface area (Å²) in [6, 6.07) is 2.50. The van der Waals surface area contributed by atoms with E-state index in [1.807, 2.05) is 0 Å². The van der Waals surface area contributed by atoms with Gasteiger partial charge in [0.1, 0.15) is 0 Å². The molecule has 1 fully saturated rings. The molecule has 2 N–H and O–H groups in total. The zero-order valence-electron chi connectivity index (χ0n) is 11.9. The van der Waals surface area contributed by atoms with Crippen LogP contribution in [0.3, 0.4) is 0 Å². The van der Waals surface area contributed by atoms with Gasteiger partial charge < -0.3 is 5.32 Å². The van der Waals surface area contributed by atoms with Gasteiger partial charge in [0.2, 0.25) is 15.9 Å². The van der Waals surface area contributed by atoms with Gasteiger partial charge in [0.05, 0.1) is 4.90 Å². The van der Waals surface area contributed by atoms with Crippen molar-refractivity contribution in [2.24, 2.45) is 0 Å². The Morgan fingerprint density at radius 1 is 1.18 bits per heavy atom. The number of sulfonamides is 1. The second kappa shape index (κ2) is 7.15. The third-order valence-electron chi connectivity index (χ3n) is 3.57. The van der Waals surface area contributed by atoms with E-state index in [4.69, 9.17) is 0 Å². The van der Waals surface area contributed by atoms with Crippen molar-refractivity contribution < 1.29 is 22.0 Å². The summed E-state index contributed by atoms with van der Waals surface area (Å²) in [5.41, 5.74) is 0. The van der Waals surface area contributed by atoms with E-state index in [9.17, 15) is 22.0 Å². The second-order valence-electron chi connectivity index (χ2n) is 5.27. The summed E-state index contributed by atoms with van der Waals surface area (Å²) < 4.78 is 51.8. The first-order valence-corrected chi connectivity index (χ1v) is 8.61. The van der Waals surface area contributed by atoms with Crippen LogP contribution in [0.5, 0.6) is 0 Å². The van der Waals surface area contributed by atoms with E-state index in [1.54, 1.807) is 0 Å². The first-order valence-electron chi connectivity index (χ1n) is 7.12. The van der Waals surface area contributed by atoms with Crippen molar-refractivity contribution in [2.45, 2.75) is 43.0 Å². The van der Waals surface area contributed by atoms with Gasteiger partial charge in [-0.15, -0.1) is 0 Å². The van der Waals surface area contributed by atoms with Gasteiger partial charge in [-0.3, -0.25) is 4.79 Å². The molecule has 122 valence electrons. The summed E-state index contributed by atoms with van der Waals surface area (Å²) in [5, 5.41) is 2.84. The molecule has 1 aliphatic carbocycles. The van der Waals surface area contributed by atoms with Crippen LogP contribution in [0.1, 0.15) is 32.1 Å². The predicted molar refractivity (Wildman–Crippen MR) is 76.6 cm³/mol. The lowest BCUT2D eigenvalue weighted by molar-refractivity contribution is -0.121. The standard InChI is InChI=1S/C14H18F2N2O3S/c15-12-6-5-11(9-13(12)16)22(20,21)17-8-7-14(19)18-10-3-1-2-4-10/h5-6,9-10,17H,1-4,7-8H2,(H,18,19). The molecule has 0 heterocycles. The van der Waals surface area contributed by atoms with Crippen molar-refractivity contribution in [2.75, 3.05) is 6.54 Å². The molecule has 0 radical (unpaired) electrons. The van der Waals surface area contributed by atoms with Crippen LogP contribution in [0.15, 0.2) is 23.1 Å². The Balaban J connectivity index is 1.84. The highest BCUT2D eigenvalue weighted by Crippen LogP contribution is 2.17. The normalized spacial score (nSPS) is 15.9. The molecule has 0 bridgehead atoms. The highest BCUT2D eigenvalue weighted by atomic mass is 32.2. The van der Waals surface area contributed by atoms with Gasteiger partial charge >= 0.3 is 0 Å². The fraction of sp³-hybridized carbons (Fsp3) is 0.500. The maximum Gasteiger partial charge on any atom is 0.240 e. The van der Waals surface area contributed by atoms with Crippen molar-refractivity contribution >= 4 is 15.9 Å². The van der Waals surface area contributed by atoms with E-state index >= 15 is 0 Å². The summed E-state index contributed by atoms with van der Waals surface area (Å²) in [6.45, 7) is -0.0973. The molecule has 1 amide bonds. The molecule has 1 aromatic rings. The quantitative estimate of drug-likeness (QED) is 0.832. The molecule has 8 heteroatoms. The van der Waals surface area contributed by atoms with Crippen LogP contribution in [-0.4, -0.2) is 26.9 Å². The van der Waals surface area contributed by atoms with Gasteiger partial charge in [-0.2, -0.15) is 0 Å². The number of benzene rings is 1. The lowest BCUT2D eigenvalue weighted by atomic mass is 10.2. The third kappa shape index (κ3) is 4.48. The maximum absolute atomic E-state index is 13.1. The molecular weight excluding hydrogens is 314 g/mol. The summed E-state index contributed by atoms with van der Waals surface area (Å²) in [5.74, 6) is -2.57. The number of halogens is 2. The van der Waals surface area contributed by atoms with E-state index in [0.29, 0.717) is 6.07 Å². The van der Waals surface area contributed by atoms with Gasteiger partial charge in [-0.1, -0.05) is 12.8 Å². The van der Waals surface area contributed by atoms with Crippen LogP contribution in [-0.2, 0) is 14.8 Å². The Morgan fingerprint density at radius 3 is 2.50 bits per heavy atom. The topological polar surface area (TPSA) is 75.3 Å². The number of carbonyl (C=O) groups excluding carboxylic acids is 1. The predicted octanol–water partition coefficient (Wildman–Crippen LogP) is 1.69. The summed E-state index contributed by atoms with van der Waals surface area (Å²) >= 11 is 0. The lowest BCUT2D eigenvalue weighted by Crippen LogP contribution is -2.35. The fourth-order valence-electron chi connectivity index (χ4n) is 2.40. The Hall–Kier alpha value is -1.54. The Morgan fingerprint density at radius 2 is 1.86 bits per heavy atom. The number of hydrogen-bond acceptors (Lipinski definition) is 3. The van der Waals surface area contributed by atoms with Gasteiger partial charge in [0, 0.05) is 19.0 Å². The molecule has 1 aliphatic rings. The van der Waals surface area contributed by atoms with Crippen molar-refractivity contribution in [3.05, 3.63) is 29.8 Å². The lowest BCUT2D eigenvalue weighted by Gasteiger charge is -2.12. The number of rotatable bonds is 6. The highest BCUT2D eigenvalue weighted by molar-refractivity contribution is 7.89. The van der Waals surface area contributed by atoms with Crippen LogP contribution in [0.4, 0.5) is 8.78 Å². The van der Waals surface area contributed by atoms with E-state index in [2.05, 4.69) is 10.0 Å². The molecule has 1 aromatic carbocycles. The largest absolute Gasteiger partial charge is 0.353 e. The first kappa shape index (κ1) is 16.8. The SMILES string of the molecule is O=C(CCNS(=O)(=O)c1ccc(F)c(F)c1)NC1CCCC1. The number of nitrogens with one attached hydrogen (secondary N) is 2. The zero-order valence-corrected chi connectivity index (χ0v) is 12.8. The zero-order chi connectivity index (χ0) is 16.2. The Labute approximate surface area is 128 Å². The van der Waals surface area contributed by atoms with Crippen molar-refractivity contribution in [3.8, 4) is 0 Å². The van der Waals surface area contributed by atoms with Crippen LogP contribution >= 0.6 is 0 Å². The van der Waals surface area contributed by atoms with Gasteiger partial charge in [0.15, 0.2) is 11.6 Å². The molecule has 5 nitrogen and oxygen atoms in total. The molecule has 2 rings (SSSR count). The number of carbonyl (C=O) groups is 1. The van der Waals surface area contributed by atoms with E-state index in [0.717, 1.165) is 37.8 Å². The minimum Gasteiger partial charge on any atom is -0.353 e. The van der Waals surface area contributed by atoms with Crippen molar-refractivity contribution in [3.63, 3.8) is 0 Å². The summed E-state index contributed by atoms with van der Waals surface area (Å²) in [4.78, 5) is 11.3. The first-order chi connectivity index (χ1) is 10.4. The van der Waals surface area contributed by atoms with E-state index in [-0.39, 0.29) is 29.8 Å². The molecule has 0 aromatic heterocycles. The molecule has 0 spiro atoms. The second-order valence-corrected chi connectivity index (χ2v) is 7.04. The van der Waals surface area contributed by atoms with Crippen molar-refractivity contribution in [1.29, 1.82) is 0 Å². The Kier molecular flexibility index (Phi) is 5.47. The minimum absolute atomic E-state index is 0.000588. The molecule has 22 heavy (non-hydrogen) atoms. The minimum atomic E-state index is -3.96. The summed E-state index contributed by atoms with van der Waals surface area (Å²) in [6.07, 6.45) is 4.08. The molecular formula is C14H18F2N2O3S. The molecule has 0 aliphatic heterocycles. The van der Waals surface area contributed by atoms with Crippen LogP contribution in [0, 0.1) is 11.6 Å². The summed E-state index contributed by atoms with van der Waals surface area (Å²) in [7, 11) is -3.96. The number of amides is 1. The maximum atomic E-state index is 13.1. The van der Waals surface area contributed by atoms with E-state index in [1.165, 1.54) is 0 Å². The van der Waals surface area contributed by atoms with Crippen molar-refractivity contribution in [1.82, 2.24) is 10.0 Å². The third-order valence-corrected chi connectivity index (χ3v) is 5.02. The fourth-order valence-corrected chi connectivity index (χ4v) is 3.44. The highest BCUT2D eigenvalue weighted by Gasteiger charge is 2.19. The molecule has 0 unspecified atom stereocenters. The Bertz CT molecular complexity index is 643. The van der Waals surface area contributed by atoms with Crippen LogP contribution < -0.4 is 10.0 Å². The number of hydrogen-bond donors (Lipinski definition) is 2. The smallest absolute Gasteiger partial charge is 0.240 e. The van der Waals surface area contributed by atoms with Gasteiger partial charge in [0.25, 0.3) is 0 Å². The molecule has 1 saturated carbocycles. The van der Waals surface area contributed by atoms with Gasteiger partial charge in [-0.25, -0.2) is 21.9 Å². The van der Waals surface area contributed by atoms with Crippen LogP contribution in [0.25, 0.3) is 0 Å². The average Bonchev–Trinajstić information content (AvgIpc) is 2.94. The monoisotopic (exact) mass is 332 g/mol. The van der Waals surface area contributed by atoms with Crippen LogP contribution in [0.2, 0.25) is 0 Å².